The highest BCUT2D eigenvalue weighted by Gasteiger charge is 2.09. The molecule has 0 aliphatic heterocycles. The molecule has 18 heavy (non-hydrogen) atoms. The van der Waals surface area contributed by atoms with Gasteiger partial charge in [0.1, 0.15) is 0 Å². The van der Waals surface area contributed by atoms with Gasteiger partial charge in [0.25, 0.3) is 0 Å². The van der Waals surface area contributed by atoms with Crippen molar-refractivity contribution in [1.29, 1.82) is 0 Å². The van der Waals surface area contributed by atoms with E-state index in [1.807, 2.05) is 10.9 Å². The van der Waals surface area contributed by atoms with Gasteiger partial charge in [-0.15, -0.1) is 5.10 Å². The van der Waals surface area contributed by atoms with Crippen molar-refractivity contribution in [1.82, 2.24) is 15.0 Å². The van der Waals surface area contributed by atoms with Gasteiger partial charge >= 0.3 is 0 Å². The third kappa shape index (κ3) is 3.17. The summed E-state index contributed by atoms with van der Waals surface area (Å²) in [6.45, 7) is 4.95. The first-order valence-corrected chi connectivity index (χ1v) is 6.40. The Morgan fingerprint density at radius 1 is 1.28 bits per heavy atom. The van der Waals surface area contributed by atoms with Gasteiger partial charge in [0.15, 0.2) is 0 Å². The van der Waals surface area contributed by atoms with Crippen molar-refractivity contribution in [3.63, 3.8) is 0 Å². The average Bonchev–Trinajstić information content (AvgIpc) is 2.81. The van der Waals surface area contributed by atoms with Crippen LogP contribution in [0.3, 0.4) is 0 Å². The highest BCUT2D eigenvalue weighted by molar-refractivity contribution is 5.21. The van der Waals surface area contributed by atoms with Crippen LogP contribution in [0.4, 0.5) is 0 Å². The van der Waals surface area contributed by atoms with Crippen molar-refractivity contribution in [2.24, 2.45) is 5.73 Å². The Balaban J connectivity index is 2.04. The zero-order chi connectivity index (χ0) is 13.0. The number of nitrogens with zero attached hydrogens (tertiary/aromatic N) is 3. The SMILES string of the molecule is CCCC(N)c1cn(Cc2ccc(C)cc2)nn1. The summed E-state index contributed by atoms with van der Waals surface area (Å²) < 4.78 is 1.84. The first kappa shape index (κ1) is 12.8. The molecule has 0 fully saturated rings. The number of aromatic nitrogens is 3. The van der Waals surface area contributed by atoms with Gasteiger partial charge in [0.2, 0.25) is 0 Å². The predicted molar refractivity (Wildman–Crippen MR) is 72.1 cm³/mol. The Hall–Kier alpha value is -1.68. The molecule has 2 N–H and O–H groups in total. The van der Waals surface area contributed by atoms with E-state index in [4.69, 9.17) is 5.73 Å². The molecule has 0 radical (unpaired) electrons. The zero-order valence-corrected chi connectivity index (χ0v) is 11.0. The monoisotopic (exact) mass is 244 g/mol. The molecule has 0 bridgehead atoms. The van der Waals surface area contributed by atoms with E-state index in [2.05, 4.69) is 48.4 Å². The largest absolute Gasteiger partial charge is 0.323 e. The lowest BCUT2D eigenvalue weighted by Gasteiger charge is -2.04. The maximum atomic E-state index is 6.02. The van der Waals surface area contributed by atoms with Gasteiger partial charge in [0.05, 0.1) is 24.5 Å². The molecule has 96 valence electrons. The van der Waals surface area contributed by atoms with Crippen molar-refractivity contribution < 1.29 is 0 Å². The fraction of sp³-hybridized carbons (Fsp3) is 0.429. The lowest BCUT2D eigenvalue weighted by Crippen LogP contribution is -2.10. The standard InChI is InChI=1S/C14H20N4/c1-3-4-13(15)14-10-18(17-16-14)9-12-7-5-11(2)6-8-12/h5-8,10,13H,3-4,9,15H2,1-2H3. The van der Waals surface area contributed by atoms with E-state index in [0.717, 1.165) is 25.1 Å². The molecule has 0 amide bonds. The van der Waals surface area contributed by atoms with Crippen molar-refractivity contribution in [3.05, 3.63) is 47.3 Å². The minimum atomic E-state index is 0.00164. The quantitative estimate of drug-likeness (QED) is 0.878. The van der Waals surface area contributed by atoms with Crippen LogP contribution in [0.25, 0.3) is 0 Å². The van der Waals surface area contributed by atoms with Crippen LogP contribution in [0, 0.1) is 6.92 Å². The molecule has 1 aromatic heterocycles. The molecule has 2 aromatic rings. The van der Waals surface area contributed by atoms with Gasteiger partial charge < -0.3 is 5.73 Å². The van der Waals surface area contributed by atoms with Crippen molar-refractivity contribution in [2.75, 3.05) is 0 Å². The number of hydrogen-bond donors (Lipinski definition) is 1. The number of aryl methyl sites for hydroxylation is 1. The zero-order valence-electron chi connectivity index (χ0n) is 11.0. The lowest BCUT2D eigenvalue weighted by molar-refractivity contribution is 0.617. The molecule has 0 spiro atoms. The number of benzene rings is 1. The molecule has 1 aromatic carbocycles. The minimum absolute atomic E-state index is 0.00164. The normalized spacial score (nSPS) is 12.6. The predicted octanol–water partition coefficient (Wildman–Crippen LogP) is 2.43. The summed E-state index contributed by atoms with van der Waals surface area (Å²) in [4.78, 5) is 0. The van der Waals surface area contributed by atoms with Gasteiger partial charge in [-0.1, -0.05) is 48.4 Å². The second kappa shape index (κ2) is 5.78. The molecule has 0 saturated heterocycles. The fourth-order valence-corrected chi connectivity index (χ4v) is 1.90. The summed E-state index contributed by atoms with van der Waals surface area (Å²) in [6.07, 6.45) is 3.95. The fourth-order valence-electron chi connectivity index (χ4n) is 1.90. The molecule has 2 rings (SSSR count). The molecule has 0 aliphatic carbocycles. The second-order valence-electron chi connectivity index (χ2n) is 4.72. The molecular formula is C14H20N4. The Labute approximate surface area is 108 Å². The Morgan fingerprint density at radius 2 is 2.00 bits per heavy atom. The summed E-state index contributed by atoms with van der Waals surface area (Å²) in [5, 5.41) is 8.26. The van der Waals surface area contributed by atoms with E-state index in [9.17, 15) is 0 Å². The third-order valence-corrected chi connectivity index (χ3v) is 3.00. The van der Waals surface area contributed by atoms with Crippen molar-refractivity contribution in [2.45, 2.75) is 39.3 Å². The molecule has 4 nitrogen and oxygen atoms in total. The number of rotatable bonds is 5. The van der Waals surface area contributed by atoms with E-state index in [-0.39, 0.29) is 6.04 Å². The van der Waals surface area contributed by atoms with Crippen LogP contribution in [-0.2, 0) is 6.54 Å². The van der Waals surface area contributed by atoms with Gasteiger partial charge in [0, 0.05) is 0 Å². The van der Waals surface area contributed by atoms with E-state index < -0.39 is 0 Å². The summed E-state index contributed by atoms with van der Waals surface area (Å²) in [7, 11) is 0. The molecule has 0 saturated carbocycles. The third-order valence-electron chi connectivity index (χ3n) is 3.00. The number of nitrogens with two attached hydrogens (primary N) is 1. The van der Waals surface area contributed by atoms with Crippen LogP contribution < -0.4 is 5.73 Å². The highest BCUT2D eigenvalue weighted by Crippen LogP contribution is 2.12. The minimum Gasteiger partial charge on any atom is -0.323 e. The van der Waals surface area contributed by atoms with Gasteiger partial charge in [-0.3, -0.25) is 0 Å². The molecule has 1 heterocycles. The van der Waals surface area contributed by atoms with Gasteiger partial charge in [-0.2, -0.15) is 0 Å². The van der Waals surface area contributed by atoms with Gasteiger partial charge in [-0.25, -0.2) is 4.68 Å². The van der Waals surface area contributed by atoms with Crippen molar-refractivity contribution in [3.8, 4) is 0 Å². The highest BCUT2D eigenvalue weighted by atomic mass is 15.4. The molecule has 1 atom stereocenters. The Morgan fingerprint density at radius 3 is 2.67 bits per heavy atom. The molecule has 0 aliphatic rings. The summed E-state index contributed by atoms with van der Waals surface area (Å²) in [6, 6.07) is 8.44. The summed E-state index contributed by atoms with van der Waals surface area (Å²) >= 11 is 0. The van der Waals surface area contributed by atoms with E-state index in [1.54, 1.807) is 0 Å². The van der Waals surface area contributed by atoms with E-state index >= 15 is 0 Å². The number of hydrogen-bond acceptors (Lipinski definition) is 3. The first-order chi connectivity index (χ1) is 8.69. The summed E-state index contributed by atoms with van der Waals surface area (Å²) in [5.41, 5.74) is 9.38. The topological polar surface area (TPSA) is 56.7 Å². The smallest absolute Gasteiger partial charge is 0.0994 e. The van der Waals surface area contributed by atoms with E-state index in [0.29, 0.717) is 0 Å². The van der Waals surface area contributed by atoms with Crippen LogP contribution in [0.5, 0.6) is 0 Å². The average molecular weight is 244 g/mol. The Bertz CT molecular complexity index is 487. The van der Waals surface area contributed by atoms with Crippen LogP contribution in [0.1, 0.15) is 42.6 Å². The summed E-state index contributed by atoms with van der Waals surface area (Å²) in [5.74, 6) is 0. The lowest BCUT2D eigenvalue weighted by atomic mass is 10.1. The van der Waals surface area contributed by atoms with Crippen LogP contribution in [0.15, 0.2) is 30.5 Å². The molecular weight excluding hydrogens is 224 g/mol. The second-order valence-corrected chi connectivity index (χ2v) is 4.72. The van der Waals surface area contributed by atoms with Crippen LogP contribution in [0.2, 0.25) is 0 Å². The van der Waals surface area contributed by atoms with Crippen LogP contribution in [-0.4, -0.2) is 15.0 Å². The molecule has 1 unspecified atom stereocenters. The van der Waals surface area contributed by atoms with Gasteiger partial charge in [-0.05, 0) is 18.9 Å². The van der Waals surface area contributed by atoms with Crippen molar-refractivity contribution >= 4 is 0 Å². The first-order valence-electron chi connectivity index (χ1n) is 6.40. The van der Waals surface area contributed by atoms with Crippen LogP contribution >= 0.6 is 0 Å². The Kier molecular flexibility index (Phi) is 4.10. The molecule has 4 heteroatoms. The van der Waals surface area contributed by atoms with E-state index in [1.165, 1.54) is 11.1 Å². The maximum Gasteiger partial charge on any atom is 0.0994 e. The maximum absolute atomic E-state index is 6.02.